The second kappa shape index (κ2) is 9.12. The molecule has 0 radical (unpaired) electrons. The van der Waals surface area contributed by atoms with Gasteiger partial charge in [-0.25, -0.2) is 4.39 Å². The van der Waals surface area contributed by atoms with Gasteiger partial charge in [0, 0.05) is 25.1 Å². The number of halogens is 1. The molecule has 1 saturated heterocycles. The first-order chi connectivity index (χ1) is 12.0. The lowest BCUT2D eigenvalue weighted by Gasteiger charge is -2.30. The number of hydrogen-bond donors (Lipinski definition) is 2. The normalized spacial score (nSPS) is 15.5. The third-order valence-electron chi connectivity index (χ3n) is 3.95. The lowest BCUT2D eigenvalue weighted by atomic mass is 10.1. The van der Waals surface area contributed by atoms with Crippen LogP contribution < -0.4 is 11.1 Å². The van der Waals surface area contributed by atoms with Crippen molar-refractivity contribution in [2.24, 2.45) is 5.73 Å². The van der Waals surface area contributed by atoms with Gasteiger partial charge < -0.3 is 20.7 Å². The van der Waals surface area contributed by atoms with Crippen molar-refractivity contribution >= 4 is 17.7 Å². The van der Waals surface area contributed by atoms with Crippen LogP contribution in [-0.4, -0.2) is 55.0 Å². The lowest BCUT2D eigenvalue weighted by molar-refractivity contribution is -0.137. The van der Waals surface area contributed by atoms with E-state index in [1.54, 1.807) is 4.90 Å². The lowest BCUT2D eigenvalue weighted by Crippen LogP contribution is -2.51. The van der Waals surface area contributed by atoms with Crippen molar-refractivity contribution in [2.45, 2.75) is 25.3 Å². The second-order valence-corrected chi connectivity index (χ2v) is 5.83. The fourth-order valence-corrected chi connectivity index (χ4v) is 2.58. The zero-order valence-electron chi connectivity index (χ0n) is 13.9. The van der Waals surface area contributed by atoms with Crippen LogP contribution in [0.3, 0.4) is 0 Å². The zero-order chi connectivity index (χ0) is 18.2. The molecule has 1 aliphatic rings. The molecule has 0 spiro atoms. The number of carbonyl (C=O) groups is 3. The van der Waals surface area contributed by atoms with Gasteiger partial charge in [-0.05, 0) is 37.1 Å². The molecule has 0 aromatic heterocycles. The molecule has 136 valence electrons. The number of ether oxygens (including phenoxy) is 1. The number of hydrogen-bond acceptors (Lipinski definition) is 4. The molecule has 0 aliphatic carbocycles. The Morgan fingerprint density at radius 2 is 1.84 bits per heavy atom. The van der Waals surface area contributed by atoms with Crippen molar-refractivity contribution in [2.75, 3.05) is 26.3 Å². The summed E-state index contributed by atoms with van der Waals surface area (Å²) in [6.07, 6.45) is 0.825. The van der Waals surface area contributed by atoms with E-state index in [0.717, 1.165) is 0 Å². The van der Waals surface area contributed by atoms with Gasteiger partial charge in [-0.15, -0.1) is 0 Å². The summed E-state index contributed by atoms with van der Waals surface area (Å²) in [5.41, 5.74) is 5.39. The van der Waals surface area contributed by atoms with Crippen molar-refractivity contribution < 1.29 is 23.5 Å². The summed E-state index contributed by atoms with van der Waals surface area (Å²) in [6.45, 7) is 1.81. The van der Waals surface area contributed by atoms with Crippen molar-refractivity contribution in [1.29, 1.82) is 0 Å². The zero-order valence-corrected chi connectivity index (χ0v) is 13.9. The van der Waals surface area contributed by atoms with E-state index in [1.807, 2.05) is 0 Å². The minimum atomic E-state index is -0.769. The Labute approximate surface area is 145 Å². The van der Waals surface area contributed by atoms with Gasteiger partial charge in [0.2, 0.25) is 11.8 Å². The second-order valence-electron chi connectivity index (χ2n) is 5.83. The maximum Gasteiger partial charge on any atom is 0.251 e. The summed E-state index contributed by atoms with van der Waals surface area (Å²) in [4.78, 5) is 37.5. The molecule has 25 heavy (non-hydrogen) atoms. The Bertz CT molecular complexity index is 615. The summed E-state index contributed by atoms with van der Waals surface area (Å²) < 4.78 is 18.2. The quantitative estimate of drug-likeness (QED) is 0.744. The minimum Gasteiger partial charge on any atom is -0.378 e. The van der Waals surface area contributed by atoms with Gasteiger partial charge >= 0.3 is 0 Å². The molecule has 2 rings (SSSR count). The highest BCUT2D eigenvalue weighted by Gasteiger charge is 2.27. The maximum absolute atomic E-state index is 13.0. The first-order valence-electron chi connectivity index (χ1n) is 8.18. The number of nitrogens with two attached hydrogens (primary N) is 1. The number of amides is 3. The third kappa shape index (κ3) is 5.82. The van der Waals surface area contributed by atoms with Crippen molar-refractivity contribution in [1.82, 2.24) is 10.2 Å². The molecule has 3 N–H and O–H groups in total. The van der Waals surface area contributed by atoms with E-state index >= 15 is 0 Å². The fraction of sp³-hybridized carbons (Fsp3) is 0.471. The Morgan fingerprint density at radius 1 is 1.20 bits per heavy atom. The van der Waals surface area contributed by atoms with Crippen LogP contribution in [0.1, 0.15) is 29.6 Å². The van der Waals surface area contributed by atoms with Crippen LogP contribution in [0.2, 0.25) is 0 Å². The molecule has 0 unspecified atom stereocenters. The average molecular weight is 351 g/mol. The van der Waals surface area contributed by atoms with Gasteiger partial charge in [0.1, 0.15) is 11.9 Å². The number of nitrogens with one attached hydrogen (secondary N) is 1. The third-order valence-corrected chi connectivity index (χ3v) is 3.95. The standard InChI is InChI=1S/C17H22FN3O4/c18-13-6-4-12(5-7-13)16(23)20-14(2-1-3-15(19)22)17(24)21-8-10-25-11-9-21/h4-7,14H,1-3,8-11H2,(H2,19,22)(H,20,23)/t14-/m0/s1. The maximum atomic E-state index is 13.0. The van der Waals surface area contributed by atoms with Crippen LogP contribution in [0.15, 0.2) is 24.3 Å². The molecule has 1 aliphatic heterocycles. The van der Waals surface area contributed by atoms with Crippen LogP contribution in [0.25, 0.3) is 0 Å². The Morgan fingerprint density at radius 3 is 2.44 bits per heavy atom. The Balaban J connectivity index is 2.03. The predicted molar refractivity (Wildman–Crippen MR) is 88.1 cm³/mol. The number of morpholine rings is 1. The molecule has 7 nitrogen and oxygen atoms in total. The summed E-state index contributed by atoms with van der Waals surface area (Å²) in [7, 11) is 0. The summed E-state index contributed by atoms with van der Waals surface area (Å²) in [5.74, 6) is -1.59. The van der Waals surface area contributed by atoms with Crippen LogP contribution in [-0.2, 0) is 14.3 Å². The van der Waals surface area contributed by atoms with E-state index in [-0.39, 0.29) is 17.9 Å². The van der Waals surface area contributed by atoms with Crippen LogP contribution in [0, 0.1) is 5.82 Å². The molecular weight excluding hydrogens is 329 g/mol. The largest absolute Gasteiger partial charge is 0.378 e. The van der Waals surface area contributed by atoms with E-state index < -0.39 is 23.7 Å². The van der Waals surface area contributed by atoms with Gasteiger partial charge in [-0.1, -0.05) is 0 Å². The summed E-state index contributed by atoms with van der Waals surface area (Å²) >= 11 is 0. The van der Waals surface area contributed by atoms with Gasteiger partial charge in [-0.3, -0.25) is 14.4 Å². The van der Waals surface area contributed by atoms with Crippen molar-refractivity contribution in [3.8, 4) is 0 Å². The molecule has 1 aromatic carbocycles. The number of benzene rings is 1. The van der Waals surface area contributed by atoms with E-state index in [2.05, 4.69) is 5.32 Å². The number of carbonyl (C=O) groups excluding carboxylic acids is 3. The molecule has 1 fully saturated rings. The SMILES string of the molecule is NC(=O)CCC[C@H](NC(=O)c1ccc(F)cc1)C(=O)N1CCOCC1. The van der Waals surface area contributed by atoms with Gasteiger partial charge in [-0.2, -0.15) is 0 Å². The molecule has 8 heteroatoms. The van der Waals surface area contributed by atoms with E-state index in [9.17, 15) is 18.8 Å². The van der Waals surface area contributed by atoms with E-state index in [1.165, 1.54) is 24.3 Å². The monoisotopic (exact) mass is 351 g/mol. The topological polar surface area (TPSA) is 102 Å². The Kier molecular flexibility index (Phi) is 6.88. The number of nitrogens with zero attached hydrogens (tertiary/aromatic N) is 1. The molecule has 1 heterocycles. The average Bonchev–Trinajstić information content (AvgIpc) is 2.61. The Hall–Kier alpha value is -2.48. The van der Waals surface area contributed by atoms with Crippen LogP contribution >= 0.6 is 0 Å². The molecule has 3 amide bonds. The highest BCUT2D eigenvalue weighted by Crippen LogP contribution is 2.10. The van der Waals surface area contributed by atoms with E-state index in [4.69, 9.17) is 10.5 Å². The molecular formula is C17H22FN3O4. The van der Waals surface area contributed by atoms with Crippen molar-refractivity contribution in [3.63, 3.8) is 0 Å². The van der Waals surface area contributed by atoms with Crippen molar-refractivity contribution in [3.05, 3.63) is 35.6 Å². The van der Waals surface area contributed by atoms with Gasteiger partial charge in [0.05, 0.1) is 13.2 Å². The fourth-order valence-electron chi connectivity index (χ4n) is 2.58. The van der Waals surface area contributed by atoms with Gasteiger partial charge in [0.25, 0.3) is 5.91 Å². The van der Waals surface area contributed by atoms with Gasteiger partial charge in [0.15, 0.2) is 0 Å². The molecule has 1 aromatic rings. The van der Waals surface area contributed by atoms with E-state index in [0.29, 0.717) is 39.1 Å². The number of rotatable bonds is 7. The molecule has 0 bridgehead atoms. The number of primary amides is 1. The summed E-state index contributed by atoms with van der Waals surface area (Å²) in [5, 5.41) is 2.68. The first kappa shape index (κ1) is 18.9. The minimum absolute atomic E-state index is 0.138. The molecule has 0 saturated carbocycles. The smallest absolute Gasteiger partial charge is 0.251 e. The van der Waals surface area contributed by atoms with Crippen LogP contribution in [0.4, 0.5) is 4.39 Å². The first-order valence-corrected chi connectivity index (χ1v) is 8.18. The molecule has 1 atom stereocenters. The highest BCUT2D eigenvalue weighted by atomic mass is 19.1. The summed E-state index contributed by atoms with van der Waals surface area (Å²) in [6, 6.07) is 4.30. The predicted octanol–water partition coefficient (Wildman–Crippen LogP) is 0.438. The highest BCUT2D eigenvalue weighted by molar-refractivity contribution is 5.97. The van der Waals surface area contributed by atoms with Crippen LogP contribution in [0.5, 0.6) is 0 Å².